The van der Waals surface area contributed by atoms with Crippen LogP contribution in [-0.4, -0.2) is 11.8 Å². The average Bonchev–Trinajstić information content (AvgIpc) is 2.97. The summed E-state index contributed by atoms with van der Waals surface area (Å²) in [5.74, 6) is 0.678. The lowest BCUT2D eigenvalue weighted by Gasteiger charge is -2.00. The van der Waals surface area contributed by atoms with Crippen molar-refractivity contribution < 1.29 is 9.50 Å². The van der Waals surface area contributed by atoms with Gasteiger partial charge in [-0.3, -0.25) is 4.39 Å². The van der Waals surface area contributed by atoms with Crippen LogP contribution in [0.2, 0.25) is 0 Å². The van der Waals surface area contributed by atoms with Gasteiger partial charge in [0.05, 0.1) is 13.3 Å². The molecule has 0 aliphatic heterocycles. The van der Waals surface area contributed by atoms with Crippen LogP contribution in [-0.2, 0) is 6.61 Å². The predicted octanol–water partition coefficient (Wildman–Crippen LogP) is 2.25. The van der Waals surface area contributed by atoms with E-state index in [-0.39, 0.29) is 19.2 Å². The monoisotopic (exact) mass is 180 g/mol. The molecule has 0 bridgehead atoms. The Hall–Kier alpha value is -0.890. The first-order valence-electron chi connectivity index (χ1n) is 4.61. The summed E-state index contributed by atoms with van der Waals surface area (Å²) in [6.45, 7) is -0.121. The van der Waals surface area contributed by atoms with Crippen LogP contribution in [0.5, 0.6) is 0 Å². The smallest absolute Gasteiger partial charge is 0.0928 e. The molecule has 2 unspecified atom stereocenters. The molecule has 1 fully saturated rings. The predicted molar refractivity (Wildman–Crippen MR) is 49.2 cm³/mol. The highest BCUT2D eigenvalue weighted by Crippen LogP contribution is 2.47. The van der Waals surface area contributed by atoms with Gasteiger partial charge in [0.15, 0.2) is 0 Å². The SMILES string of the molecule is OCc1ccc(C2CC2CF)cc1. The summed E-state index contributed by atoms with van der Waals surface area (Å²) in [5.41, 5.74) is 2.13. The Morgan fingerprint density at radius 3 is 2.46 bits per heavy atom. The highest BCUT2D eigenvalue weighted by molar-refractivity contribution is 5.29. The molecule has 13 heavy (non-hydrogen) atoms. The molecule has 0 heterocycles. The molecule has 1 saturated carbocycles. The van der Waals surface area contributed by atoms with Gasteiger partial charge in [0, 0.05) is 0 Å². The first kappa shape index (κ1) is 8.70. The number of aliphatic hydroxyl groups is 1. The Morgan fingerprint density at radius 1 is 1.31 bits per heavy atom. The summed E-state index contributed by atoms with van der Waals surface area (Å²) < 4.78 is 12.2. The fourth-order valence-electron chi connectivity index (χ4n) is 1.70. The molecule has 0 amide bonds. The van der Waals surface area contributed by atoms with Crippen molar-refractivity contribution in [3.63, 3.8) is 0 Å². The molecule has 1 nitrogen and oxygen atoms in total. The molecule has 0 radical (unpaired) electrons. The van der Waals surface area contributed by atoms with E-state index in [2.05, 4.69) is 0 Å². The molecule has 1 aliphatic rings. The van der Waals surface area contributed by atoms with Gasteiger partial charge in [0.1, 0.15) is 0 Å². The first-order chi connectivity index (χ1) is 6.35. The number of hydrogen-bond acceptors (Lipinski definition) is 1. The summed E-state index contributed by atoms with van der Waals surface area (Å²) in [6, 6.07) is 7.80. The van der Waals surface area contributed by atoms with Crippen molar-refractivity contribution in [1.82, 2.24) is 0 Å². The van der Waals surface area contributed by atoms with Gasteiger partial charge < -0.3 is 5.11 Å². The molecular formula is C11H13FO. The number of aliphatic hydroxyl groups excluding tert-OH is 1. The zero-order valence-electron chi connectivity index (χ0n) is 7.41. The fourth-order valence-corrected chi connectivity index (χ4v) is 1.70. The summed E-state index contributed by atoms with van der Waals surface area (Å²) in [4.78, 5) is 0. The van der Waals surface area contributed by atoms with Crippen molar-refractivity contribution in [2.45, 2.75) is 18.9 Å². The van der Waals surface area contributed by atoms with E-state index in [9.17, 15) is 4.39 Å². The van der Waals surface area contributed by atoms with Crippen LogP contribution in [0.15, 0.2) is 24.3 Å². The zero-order valence-corrected chi connectivity index (χ0v) is 7.41. The Kier molecular flexibility index (Phi) is 2.32. The standard InChI is InChI=1S/C11H13FO/c12-6-10-5-11(10)9-3-1-8(7-13)2-4-9/h1-4,10-11,13H,5-7H2. The minimum absolute atomic E-state index is 0.0808. The number of halogens is 1. The quantitative estimate of drug-likeness (QED) is 0.756. The number of rotatable bonds is 3. The van der Waals surface area contributed by atoms with Crippen molar-refractivity contribution in [3.05, 3.63) is 35.4 Å². The van der Waals surface area contributed by atoms with Crippen LogP contribution in [0, 0.1) is 5.92 Å². The van der Waals surface area contributed by atoms with Crippen molar-refractivity contribution in [2.24, 2.45) is 5.92 Å². The van der Waals surface area contributed by atoms with Gasteiger partial charge in [0.2, 0.25) is 0 Å². The minimum Gasteiger partial charge on any atom is -0.392 e. The largest absolute Gasteiger partial charge is 0.392 e. The third-order valence-corrected chi connectivity index (χ3v) is 2.71. The van der Waals surface area contributed by atoms with E-state index in [1.165, 1.54) is 5.56 Å². The molecule has 0 aromatic heterocycles. The first-order valence-corrected chi connectivity index (χ1v) is 4.61. The molecule has 2 heteroatoms. The minimum atomic E-state index is -0.202. The summed E-state index contributed by atoms with van der Waals surface area (Å²) in [5, 5.41) is 8.82. The van der Waals surface area contributed by atoms with E-state index in [1.807, 2.05) is 24.3 Å². The molecule has 1 N–H and O–H groups in total. The Morgan fingerprint density at radius 2 is 2.00 bits per heavy atom. The lowest BCUT2D eigenvalue weighted by atomic mass is 10.1. The Balaban J connectivity index is 2.07. The van der Waals surface area contributed by atoms with Gasteiger partial charge in [-0.25, -0.2) is 0 Å². The maximum Gasteiger partial charge on any atom is 0.0928 e. The zero-order chi connectivity index (χ0) is 9.26. The molecule has 1 aliphatic carbocycles. The highest BCUT2D eigenvalue weighted by Gasteiger charge is 2.37. The lowest BCUT2D eigenvalue weighted by Crippen LogP contribution is -1.87. The lowest BCUT2D eigenvalue weighted by molar-refractivity contribution is 0.282. The molecular weight excluding hydrogens is 167 g/mol. The second kappa shape index (κ2) is 3.46. The van der Waals surface area contributed by atoms with Crippen LogP contribution >= 0.6 is 0 Å². The maximum atomic E-state index is 12.2. The van der Waals surface area contributed by atoms with Crippen molar-refractivity contribution in [3.8, 4) is 0 Å². The normalized spacial score (nSPS) is 26.0. The van der Waals surface area contributed by atoms with Crippen LogP contribution in [0.3, 0.4) is 0 Å². The Bertz CT molecular complexity index is 281. The van der Waals surface area contributed by atoms with E-state index in [1.54, 1.807) is 0 Å². The fraction of sp³-hybridized carbons (Fsp3) is 0.455. The molecule has 0 spiro atoms. The van der Waals surface area contributed by atoms with Gasteiger partial charge in [-0.15, -0.1) is 0 Å². The van der Waals surface area contributed by atoms with Crippen LogP contribution in [0.25, 0.3) is 0 Å². The topological polar surface area (TPSA) is 20.2 Å². The van der Waals surface area contributed by atoms with E-state index < -0.39 is 0 Å². The van der Waals surface area contributed by atoms with E-state index in [0.717, 1.165) is 12.0 Å². The average molecular weight is 180 g/mol. The highest BCUT2D eigenvalue weighted by atomic mass is 19.1. The molecule has 2 atom stereocenters. The van der Waals surface area contributed by atoms with Gasteiger partial charge in [0.25, 0.3) is 0 Å². The van der Waals surface area contributed by atoms with Gasteiger partial charge in [-0.1, -0.05) is 24.3 Å². The van der Waals surface area contributed by atoms with Gasteiger partial charge in [-0.05, 0) is 29.4 Å². The summed E-state index contributed by atoms with van der Waals surface area (Å²) in [7, 11) is 0. The van der Waals surface area contributed by atoms with Crippen LogP contribution in [0.1, 0.15) is 23.5 Å². The second-order valence-corrected chi connectivity index (χ2v) is 3.66. The van der Waals surface area contributed by atoms with Crippen molar-refractivity contribution in [1.29, 1.82) is 0 Å². The van der Waals surface area contributed by atoms with E-state index >= 15 is 0 Å². The number of benzene rings is 1. The number of hydrogen-bond donors (Lipinski definition) is 1. The molecule has 2 rings (SSSR count). The van der Waals surface area contributed by atoms with Crippen LogP contribution in [0.4, 0.5) is 4.39 Å². The number of alkyl halides is 1. The molecule has 0 saturated heterocycles. The summed E-state index contributed by atoms with van der Waals surface area (Å²) in [6.07, 6.45) is 0.981. The maximum absolute atomic E-state index is 12.2. The van der Waals surface area contributed by atoms with Crippen molar-refractivity contribution >= 4 is 0 Å². The van der Waals surface area contributed by atoms with Crippen molar-refractivity contribution in [2.75, 3.05) is 6.67 Å². The third-order valence-electron chi connectivity index (χ3n) is 2.71. The third kappa shape index (κ3) is 1.73. The summed E-state index contributed by atoms with van der Waals surface area (Å²) >= 11 is 0. The van der Waals surface area contributed by atoms with Gasteiger partial charge >= 0.3 is 0 Å². The molecule has 1 aromatic rings. The van der Waals surface area contributed by atoms with E-state index in [0.29, 0.717) is 5.92 Å². The molecule has 70 valence electrons. The van der Waals surface area contributed by atoms with Crippen LogP contribution < -0.4 is 0 Å². The van der Waals surface area contributed by atoms with E-state index in [4.69, 9.17) is 5.11 Å². The molecule has 1 aromatic carbocycles. The van der Waals surface area contributed by atoms with Gasteiger partial charge in [-0.2, -0.15) is 0 Å². The second-order valence-electron chi connectivity index (χ2n) is 3.66. The Labute approximate surface area is 77.2 Å².